The molecule has 1 aromatic rings. The highest BCUT2D eigenvalue weighted by Gasteiger charge is 2.11. The van der Waals surface area contributed by atoms with Crippen molar-refractivity contribution in [1.29, 1.82) is 5.26 Å². The molecule has 0 aliphatic rings. The third-order valence-corrected chi connectivity index (χ3v) is 2.40. The highest BCUT2D eigenvalue weighted by Crippen LogP contribution is 2.06. The van der Waals surface area contributed by atoms with Crippen LogP contribution in [0.25, 0.3) is 0 Å². The molecule has 0 aliphatic carbocycles. The van der Waals surface area contributed by atoms with E-state index in [9.17, 15) is 4.79 Å². The molecule has 0 saturated carbocycles. The molecule has 18 heavy (non-hydrogen) atoms. The molecule has 0 radical (unpaired) electrons. The van der Waals surface area contributed by atoms with Crippen LogP contribution in [0.2, 0.25) is 0 Å². The molecule has 98 valence electrons. The zero-order valence-corrected chi connectivity index (χ0v) is 11.2. The first kappa shape index (κ1) is 14.3. The second-order valence-electron chi connectivity index (χ2n) is 5.17. The average molecular weight is 248 g/mol. The summed E-state index contributed by atoms with van der Waals surface area (Å²) in [5, 5.41) is 14.3. The van der Waals surface area contributed by atoms with Gasteiger partial charge in [-0.25, -0.2) is 0 Å². The molecule has 0 atom stereocenters. The maximum Gasteiger partial charge on any atom is 0.240 e. The first-order valence-electron chi connectivity index (χ1n) is 5.95. The van der Waals surface area contributed by atoms with Crippen LogP contribution < -0.4 is 10.6 Å². The Morgan fingerprint density at radius 2 is 2.22 bits per heavy atom. The fourth-order valence-corrected chi connectivity index (χ4v) is 1.47. The zero-order valence-electron chi connectivity index (χ0n) is 11.2. The normalized spacial score (nSPS) is 11.0. The summed E-state index contributed by atoms with van der Waals surface area (Å²) in [6, 6.07) is 5.78. The standard InChI is InChI=1S/C13H20N4O/c1-13(2,3)16-9-11-5-4-8-17(11)10-12(18)15-7-6-14/h4-5,8,16H,7,9-10H2,1-3H3,(H,15,18). The molecule has 5 nitrogen and oxygen atoms in total. The van der Waals surface area contributed by atoms with Crippen LogP contribution in [-0.4, -0.2) is 22.6 Å². The average Bonchev–Trinajstić information content (AvgIpc) is 2.70. The van der Waals surface area contributed by atoms with Crippen molar-refractivity contribution in [2.24, 2.45) is 0 Å². The van der Waals surface area contributed by atoms with E-state index >= 15 is 0 Å². The number of nitrogens with one attached hydrogen (secondary N) is 2. The highest BCUT2D eigenvalue weighted by molar-refractivity contribution is 5.76. The highest BCUT2D eigenvalue weighted by atomic mass is 16.1. The quantitative estimate of drug-likeness (QED) is 0.764. The molecule has 0 aliphatic heterocycles. The summed E-state index contributed by atoms with van der Waals surface area (Å²) in [5.41, 5.74) is 1.09. The molecule has 0 fully saturated rings. The van der Waals surface area contributed by atoms with E-state index in [4.69, 9.17) is 5.26 Å². The number of rotatable bonds is 5. The zero-order chi connectivity index (χ0) is 13.6. The van der Waals surface area contributed by atoms with E-state index in [0.717, 1.165) is 5.69 Å². The minimum absolute atomic E-state index is 0.0398. The van der Waals surface area contributed by atoms with Gasteiger partial charge in [0, 0.05) is 24.0 Å². The lowest BCUT2D eigenvalue weighted by molar-refractivity contribution is -0.121. The molecule has 0 spiro atoms. The fraction of sp³-hybridized carbons (Fsp3) is 0.538. The summed E-state index contributed by atoms with van der Waals surface area (Å²) in [6.45, 7) is 7.30. The van der Waals surface area contributed by atoms with E-state index in [2.05, 4.69) is 31.4 Å². The van der Waals surface area contributed by atoms with Crippen LogP contribution in [-0.2, 0) is 17.9 Å². The number of amides is 1. The van der Waals surface area contributed by atoms with Crippen LogP contribution in [0, 0.1) is 11.3 Å². The molecule has 1 rings (SSSR count). The van der Waals surface area contributed by atoms with Gasteiger partial charge >= 0.3 is 0 Å². The second-order valence-corrected chi connectivity index (χ2v) is 5.17. The number of carbonyl (C=O) groups excluding carboxylic acids is 1. The third-order valence-electron chi connectivity index (χ3n) is 2.40. The van der Waals surface area contributed by atoms with Gasteiger partial charge in [0.1, 0.15) is 13.1 Å². The number of hydrogen-bond donors (Lipinski definition) is 2. The number of carbonyl (C=O) groups is 1. The van der Waals surface area contributed by atoms with E-state index < -0.39 is 0 Å². The Morgan fingerprint density at radius 1 is 1.50 bits per heavy atom. The van der Waals surface area contributed by atoms with Gasteiger partial charge in [0.2, 0.25) is 5.91 Å². The van der Waals surface area contributed by atoms with E-state index in [1.165, 1.54) is 0 Å². The van der Waals surface area contributed by atoms with Gasteiger partial charge in [0.15, 0.2) is 0 Å². The summed E-state index contributed by atoms with van der Waals surface area (Å²) < 4.78 is 1.88. The number of nitrogens with zero attached hydrogens (tertiary/aromatic N) is 2. The molecule has 1 aromatic heterocycles. The summed E-state index contributed by atoms with van der Waals surface area (Å²) >= 11 is 0. The van der Waals surface area contributed by atoms with E-state index in [0.29, 0.717) is 6.54 Å². The first-order chi connectivity index (χ1) is 8.42. The van der Waals surface area contributed by atoms with Gasteiger partial charge in [-0.05, 0) is 32.9 Å². The summed E-state index contributed by atoms with van der Waals surface area (Å²) in [6.07, 6.45) is 1.87. The van der Waals surface area contributed by atoms with E-state index in [1.807, 2.05) is 29.0 Å². The fourth-order valence-electron chi connectivity index (χ4n) is 1.47. The van der Waals surface area contributed by atoms with Gasteiger partial charge in [-0.1, -0.05) is 0 Å². The Bertz CT molecular complexity index is 437. The molecule has 0 saturated heterocycles. The van der Waals surface area contributed by atoms with Gasteiger partial charge < -0.3 is 15.2 Å². The molecule has 1 heterocycles. The van der Waals surface area contributed by atoms with Gasteiger partial charge in [-0.3, -0.25) is 4.79 Å². The van der Waals surface area contributed by atoms with Crippen molar-refractivity contribution < 1.29 is 4.79 Å². The Hall–Kier alpha value is -1.80. The molecule has 0 aromatic carbocycles. The van der Waals surface area contributed by atoms with Gasteiger partial charge in [-0.2, -0.15) is 5.26 Å². The van der Waals surface area contributed by atoms with Crippen LogP contribution in [0.1, 0.15) is 26.5 Å². The molecule has 0 unspecified atom stereocenters. The summed E-state index contributed by atoms with van der Waals surface area (Å²) in [4.78, 5) is 11.5. The number of nitriles is 1. The van der Waals surface area contributed by atoms with Crippen molar-refractivity contribution in [3.8, 4) is 6.07 Å². The van der Waals surface area contributed by atoms with Crippen molar-refractivity contribution in [3.63, 3.8) is 0 Å². The summed E-state index contributed by atoms with van der Waals surface area (Å²) in [7, 11) is 0. The van der Waals surface area contributed by atoms with Crippen molar-refractivity contribution in [2.45, 2.75) is 39.4 Å². The molecule has 5 heteroatoms. The SMILES string of the molecule is CC(C)(C)NCc1cccn1CC(=O)NCC#N. The van der Waals surface area contributed by atoms with Crippen LogP contribution in [0.15, 0.2) is 18.3 Å². The van der Waals surface area contributed by atoms with Crippen LogP contribution in [0.3, 0.4) is 0 Å². The molecule has 2 N–H and O–H groups in total. The lowest BCUT2D eigenvalue weighted by Gasteiger charge is -2.21. The Balaban J connectivity index is 2.55. The topological polar surface area (TPSA) is 69.8 Å². The van der Waals surface area contributed by atoms with Crippen LogP contribution in [0.5, 0.6) is 0 Å². The van der Waals surface area contributed by atoms with Gasteiger partial charge in [0.05, 0.1) is 6.07 Å². The molecular formula is C13H20N4O. The van der Waals surface area contributed by atoms with Crippen molar-refractivity contribution in [1.82, 2.24) is 15.2 Å². The monoisotopic (exact) mass is 248 g/mol. The molecule has 1 amide bonds. The largest absolute Gasteiger partial charge is 0.341 e. The van der Waals surface area contributed by atoms with E-state index in [1.54, 1.807) is 0 Å². The van der Waals surface area contributed by atoms with Gasteiger partial charge in [-0.15, -0.1) is 0 Å². The van der Waals surface area contributed by atoms with Crippen molar-refractivity contribution in [3.05, 3.63) is 24.0 Å². The van der Waals surface area contributed by atoms with Crippen LogP contribution >= 0.6 is 0 Å². The number of hydrogen-bond acceptors (Lipinski definition) is 3. The van der Waals surface area contributed by atoms with Crippen molar-refractivity contribution >= 4 is 5.91 Å². The Kier molecular flexibility index (Phi) is 4.93. The third kappa shape index (κ3) is 5.02. The lowest BCUT2D eigenvalue weighted by atomic mass is 10.1. The maximum atomic E-state index is 11.5. The molecule has 0 bridgehead atoms. The predicted molar refractivity (Wildman–Crippen MR) is 69.6 cm³/mol. The first-order valence-corrected chi connectivity index (χ1v) is 5.95. The van der Waals surface area contributed by atoms with Gasteiger partial charge in [0.25, 0.3) is 0 Å². The van der Waals surface area contributed by atoms with E-state index in [-0.39, 0.29) is 24.5 Å². The smallest absolute Gasteiger partial charge is 0.240 e. The minimum Gasteiger partial charge on any atom is -0.341 e. The van der Waals surface area contributed by atoms with Crippen LogP contribution in [0.4, 0.5) is 0 Å². The number of aromatic nitrogens is 1. The summed E-state index contributed by atoms with van der Waals surface area (Å²) in [5.74, 6) is -0.148. The Morgan fingerprint density at radius 3 is 2.83 bits per heavy atom. The minimum atomic E-state index is -0.148. The second kappa shape index (κ2) is 6.22. The van der Waals surface area contributed by atoms with Crippen molar-refractivity contribution in [2.75, 3.05) is 6.54 Å². The maximum absolute atomic E-state index is 11.5. The predicted octanol–water partition coefficient (Wildman–Crippen LogP) is 1.02. The molecular weight excluding hydrogens is 228 g/mol. The lowest BCUT2D eigenvalue weighted by Crippen LogP contribution is -2.36. The Labute approximate surface area is 108 Å².